The standard InChI is InChI=1S/C16H25N3O/c1-2-17-12-15-8-10-19(11-9-15)16(20)18-13-14-6-4-3-5-7-14/h3-7,15,17H,2,8-13H2,1H3,(H,18,20). The molecule has 1 heterocycles. The fourth-order valence-electron chi connectivity index (χ4n) is 2.57. The Morgan fingerprint density at radius 3 is 2.60 bits per heavy atom. The molecular formula is C16H25N3O. The van der Waals surface area contributed by atoms with Crippen LogP contribution >= 0.6 is 0 Å². The van der Waals surface area contributed by atoms with Gasteiger partial charge in [0.25, 0.3) is 0 Å². The van der Waals surface area contributed by atoms with E-state index in [0.717, 1.165) is 44.6 Å². The Kier molecular flexibility index (Phi) is 5.87. The highest BCUT2D eigenvalue weighted by Crippen LogP contribution is 2.16. The molecule has 4 nitrogen and oxygen atoms in total. The molecule has 1 aromatic rings. The van der Waals surface area contributed by atoms with Crippen LogP contribution in [0.15, 0.2) is 30.3 Å². The molecule has 2 rings (SSSR count). The van der Waals surface area contributed by atoms with E-state index >= 15 is 0 Å². The summed E-state index contributed by atoms with van der Waals surface area (Å²) in [7, 11) is 0. The van der Waals surface area contributed by atoms with E-state index in [4.69, 9.17) is 0 Å². The lowest BCUT2D eigenvalue weighted by Gasteiger charge is -2.32. The van der Waals surface area contributed by atoms with Crippen LogP contribution in [0.2, 0.25) is 0 Å². The molecule has 0 spiro atoms. The van der Waals surface area contributed by atoms with Crippen LogP contribution in [0.3, 0.4) is 0 Å². The molecule has 2 amide bonds. The normalized spacial score (nSPS) is 16.1. The van der Waals surface area contributed by atoms with Gasteiger partial charge < -0.3 is 15.5 Å². The molecule has 0 aliphatic carbocycles. The maximum Gasteiger partial charge on any atom is 0.317 e. The third kappa shape index (κ3) is 4.53. The summed E-state index contributed by atoms with van der Waals surface area (Å²) in [5, 5.41) is 6.39. The minimum absolute atomic E-state index is 0.0655. The van der Waals surface area contributed by atoms with E-state index < -0.39 is 0 Å². The minimum atomic E-state index is 0.0655. The van der Waals surface area contributed by atoms with Gasteiger partial charge in [-0.15, -0.1) is 0 Å². The number of hydrogen-bond donors (Lipinski definition) is 2. The van der Waals surface area contributed by atoms with Crippen LogP contribution in [0.1, 0.15) is 25.3 Å². The number of likely N-dealkylation sites (tertiary alicyclic amines) is 1. The fourth-order valence-corrected chi connectivity index (χ4v) is 2.57. The summed E-state index contributed by atoms with van der Waals surface area (Å²) in [5.74, 6) is 0.716. The first-order valence-corrected chi connectivity index (χ1v) is 7.57. The minimum Gasteiger partial charge on any atom is -0.334 e. The third-order valence-corrected chi connectivity index (χ3v) is 3.87. The van der Waals surface area contributed by atoms with Crippen molar-refractivity contribution in [2.75, 3.05) is 26.2 Å². The Balaban J connectivity index is 1.69. The third-order valence-electron chi connectivity index (χ3n) is 3.87. The molecule has 0 aromatic heterocycles. The first-order valence-electron chi connectivity index (χ1n) is 7.57. The molecule has 0 bridgehead atoms. The molecule has 0 atom stereocenters. The van der Waals surface area contributed by atoms with Gasteiger partial charge in [0, 0.05) is 19.6 Å². The molecule has 1 saturated heterocycles. The maximum absolute atomic E-state index is 12.1. The molecule has 1 fully saturated rings. The molecule has 0 radical (unpaired) electrons. The number of carbonyl (C=O) groups is 1. The van der Waals surface area contributed by atoms with Gasteiger partial charge in [-0.25, -0.2) is 4.79 Å². The van der Waals surface area contributed by atoms with Crippen LogP contribution < -0.4 is 10.6 Å². The van der Waals surface area contributed by atoms with Gasteiger partial charge in [0.05, 0.1) is 0 Å². The Morgan fingerprint density at radius 2 is 1.95 bits per heavy atom. The van der Waals surface area contributed by atoms with Crippen LogP contribution in [0, 0.1) is 5.92 Å². The Labute approximate surface area is 121 Å². The summed E-state index contributed by atoms with van der Waals surface area (Å²) in [4.78, 5) is 14.0. The van der Waals surface area contributed by atoms with Crippen molar-refractivity contribution in [2.45, 2.75) is 26.3 Å². The fraction of sp³-hybridized carbons (Fsp3) is 0.562. The average molecular weight is 275 g/mol. The van der Waals surface area contributed by atoms with Crippen LogP contribution in [-0.4, -0.2) is 37.1 Å². The van der Waals surface area contributed by atoms with Gasteiger partial charge in [0.2, 0.25) is 0 Å². The summed E-state index contributed by atoms with van der Waals surface area (Å²) in [5.41, 5.74) is 1.14. The second kappa shape index (κ2) is 7.90. The van der Waals surface area contributed by atoms with E-state index in [0.29, 0.717) is 12.5 Å². The van der Waals surface area contributed by atoms with Crippen LogP contribution in [0.5, 0.6) is 0 Å². The lowest BCUT2D eigenvalue weighted by atomic mass is 9.97. The number of benzene rings is 1. The van der Waals surface area contributed by atoms with E-state index in [1.165, 1.54) is 0 Å². The zero-order valence-electron chi connectivity index (χ0n) is 12.3. The van der Waals surface area contributed by atoms with Gasteiger partial charge in [0.15, 0.2) is 0 Å². The van der Waals surface area contributed by atoms with Crippen molar-refractivity contribution in [2.24, 2.45) is 5.92 Å². The lowest BCUT2D eigenvalue weighted by molar-refractivity contribution is 0.169. The van der Waals surface area contributed by atoms with E-state index in [-0.39, 0.29) is 6.03 Å². The Hall–Kier alpha value is -1.55. The number of nitrogens with zero attached hydrogens (tertiary/aromatic N) is 1. The average Bonchev–Trinajstić information content (AvgIpc) is 2.52. The number of hydrogen-bond acceptors (Lipinski definition) is 2. The summed E-state index contributed by atoms with van der Waals surface area (Å²) < 4.78 is 0. The van der Waals surface area contributed by atoms with Crippen molar-refractivity contribution in [1.82, 2.24) is 15.5 Å². The molecule has 4 heteroatoms. The zero-order chi connectivity index (χ0) is 14.2. The monoisotopic (exact) mass is 275 g/mol. The molecule has 1 aliphatic heterocycles. The predicted molar refractivity (Wildman–Crippen MR) is 81.5 cm³/mol. The smallest absolute Gasteiger partial charge is 0.317 e. The predicted octanol–water partition coefficient (Wildman–Crippen LogP) is 2.22. The van der Waals surface area contributed by atoms with Crippen molar-refractivity contribution < 1.29 is 4.79 Å². The second-order valence-corrected chi connectivity index (χ2v) is 5.38. The van der Waals surface area contributed by atoms with Gasteiger partial charge in [-0.2, -0.15) is 0 Å². The van der Waals surface area contributed by atoms with Crippen LogP contribution in [-0.2, 0) is 6.54 Å². The Morgan fingerprint density at radius 1 is 1.25 bits per heavy atom. The molecule has 0 unspecified atom stereocenters. The quantitative estimate of drug-likeness (QED) is 0.865. The van der Waals surface area contributed by atoms with E-state index in [1.54, 1.807) is 0 Å². The number of rotatable bonds is 5. The number of nitrogens with one attached hydrogen (secondary N) is 2. The highest BCUT2D eigenvalue weighted by Gasteiger charge is 2.22. The number of piperidine rings is 1. The van der Waals surface area contributed by atoms with Gasteiger partial charge >= 0.3 is 6.03 Å². The van der Waals surface area contributed by atoms with E-state index in [2.05, 4.69) is 17.6 Å². The van der Waals surface area contributed by atoms with Gasteiger partial charge in [-0.3, -0.25) is 0 Å². The van der Waals surface area contributed by atoms with Crippen molar-refractivity contribution in [3.63, 3.8) is 0 Å². The molecule has 1 aliphatic rings. The molecular weight excluding hydrogens is 250 g/mol. The highest BCUT2D eigenvalue weighted by atomic mass is 16.2. The van der Waals surface area contributed by atoms with Crippen molar-refractivity contribution in [3.8, 4) is 0 Å². The number of amides is 2. The first kappa shape index (κ1) is 14.9. The van der Waals surface area contributed by atoms with E-state index in [1.807, 2.05) is 35.2 Å². The molecule has 1 aromatic carbocycles. The molecule has 2 N–H and O–H groups in total. The second-order valence-electron chi connectivity index (χ2n) is 5.38. The van der Waals surface area contributed by atoms with Crippen LogP contribution in [0.25, 0.3) is 0 Å². The highest BCUT2D eigenvalue weighted by molar-refractivity contribution is 5.74. The molecule has 110 valence electrons. The zero-order valence-corrected chi connectivity index (χ0v) is 12.3. The number of carbonyl (C=O) groups excluding carboxylic acids is 1. The molecule has 20 heavy (non-hydrogen) atoms. The Bertz CT molecular complexity index is 399. The van der Waals surface area contributed by atoms with Gasteiger partial charge in [-0.05, 0) is 37.4 Å². The van der Waals surface area contributed by atoms with Crippen molar-refractivity contribution in [1.29, 1.82) is 0 Å². The largest absolute Gasteiger partial charge is 0.334 e. The van der Waals surface area contributed by atoms with E-state index in [9.17, 15) is 4.79 Å². The molecule has 0 saturated carbocycles. The maximum atomic E-state index is 12.1. The number of urea groups is 1. The van der Waals surface area contributed by atoms with Crippen molar-refractivity contribution in [3.05, 3.63) is 35.9 Å². The topological polar surface area (TPSA) is 44.4 Å². The summed E-state index contributed by atoms with van der Waals surface area (Å²) >= 11 is 0. The van der Waals surface area contributed by atoms with Gasteiger partial charge in [0.1, 0.15) is 0 Å². The summed E-state index contributed by atoms with van der Waals surface area (Å²) in [6.45, 7) is 6.59. The summed E-state index contributed by atoms with van der Waals surface area (Å²) in [6.07, 6.45) is 2.21. The van der Waals surface area contributed by atoms with Crippen molar-refractivity contribution >= 4 is 6.03 Å². The van der Waals surface area contributed by atoms with Gasteiger partial charge in [-0.1, -0.05) is 37.3 Å². The SMILES string of the molecule is CCNCC1CCN(C(=O)NCc2ccccc2)CC1. The summed E-state index contributed by atoms with van der Waals surface area (Å²) in [6, 6.07) is 10.1. The lowest BCUT2D eigenvalue weighted by Crippen LogP contribution is -2.45. The first-order chi connectivity index (χ1) is 9.79. The van der Waals surface area contributed by atoms with Crippen LogP contribution in [0.4, 0.5) is 4.79 Å².